The predicted molar refractivity (Wildman–Crippen MR) is 65.0 cm³/mol. The van der Waals surface area contributed by atoms with E-state index in [2.05, 4.69) is 20.1 Å². The van der Waals surface area contributed by atoms with E-state index in [4.69, 9.17) is 12.2 Å². The summed E-state index contributed by atoms with van der Waals surface area (Å²) in [5.41, 5.74) is 1.94. The van der Waals surface area contributed by atoms with Gasteiger partial charge in [0, 0.05) is 13.2 Å². The molecule has 1 N–H and O–H groups in total. The molecule has 0 saturated carbocycles. The van der Waals surface area contributed by atoms with Gasteiger partial charge in [-0.25, -0.2) is 4.98 Å². The standard InChI is InChI=1S/C10H10N6S/c1-15-6-12-9(14-15)5-16-8-2-3-11-4-7(8)13-10(16)17/h2-4,6H,5H2,1H3,(H,13,17). The van der Waals surface area contributed by atoms with Gasteiger partial charge in [-0.1, -0.05) is 0 Å². The summed E-state index contributed by atoms with van der Waals surface area (Å²) in [7, 11) is 1.84. The van der Waals surface area contributed by atoms with Crippen LogP contribution in [-0.2, 0) is 13.6 Å². The van der Waals surface area contributed by atoms with Crippen molar-refractivity contribution in [1.29, 1.82) is 0 Å². The van der Waals surface area contributed by atoms with Crippen LogP contribution in [-0.4, -0.2) is 29.3 Å². The van der Waals surface area contributed by atoms with Gasteiger partial charge in [-0.2, -0.15) is 5.10 Å². The SMILES string of the molecule is Cn1cnc(Cn2c(=S)[nH]c3cnccc32)n1. The molecular formula is C10H10N6S. The number of nitrogens with zero attached hydrogens (tertiary/aromatic N) is 5. The minimum atomic E-state index is 0.559. The van der Waals surface area contributed by atoms with E-state index >= 15 is 0 Å². The maximum absolute atomic E-state index is 5.28. The molecule has 0 atom stereocenters. The smallest absolute Gasteiger partial charge is 0.178 e. The normalized spacial score (nSPS) is 11.1. The lowest BCUT2D eigenvalue weighted by Crippen LogP contribution is -2.02. The number of aryl methyl sites for hydroxylation is 1. The fourth-order valence-corrected chi connectivity index (χ4v) is 2.04. The lowest BCUT2D eigenvalue weighted by atomic mass is 10.4. The summed E-state index contributed by atoms with van der Waals surface area (Å²) in [4.78, 5) is 11.4. The van der Waals surface area contributed by atoms with E-state index < -0.39 is 0 Å². The van der Waals surface area contributed by atoms with Gasteiger partial charge in [0.05, 0.1) is 23.8 Å². The van der Waals surface area contributed by atoms with Crippen LogP contribution in [0.15, 0.2) is 24.8 Å². The summed E-state index contributed by atoms with van der Waals surface area (Å²) in [6.45, 7) is 0.559. The largest absolute Gasteiger partial charge is 0.329 e. The Morgan fingerprint density at radius 2 is 2.35 bits per heavy atom. The second-order valence-electron chi connectivity index (χ2n) is 3.74. The fraction of sp³-hybridized carbons (Fsp3) is 0.200. The van der Waals surface area contributed by atoms with Crippen LogP contribution in [0.1, 0.15) is 5.82 Å². The zero-order valence-corrected chi connectivity index (χ0v) is 9.98. The number of H-pyrrole nitrogens is 1. The molecule has 3 heterocycles. The summed E-state index contributed by atoms with van der Waals surface area (Å²) in [6, 6.07) is 1.92. The average Bonchev–Trinajstić information content (AvgIpc) is 2.85. The molecule has 7 heteroatoms. The van der Waals surface area contributed by atoms with Gasteiger partial charge in [0.15, 0.2) is 10.6 Å². The first kappa shape index (κ1) is 10.2. The van der Waals surface area contributed by atoms with Crippen LogP contribution in [0, 0.1) is 4.77 Å². The van der Waals surface area contributed by atoms with E-state index in [1.807, 2.05) is 17.7 Å². The number of aromatic nitrogens is 6. The third kappa shape index (κ3) is 1.74. The van der Waals surface area contributed by atoms with Crippen LogP contribution < -0.4 is 0 Å². The molecule has 0 aliphatic carbocycles. The molecule has 0 fully saturated rings. The Labute approximate surface area is 102 Å². The highest BCUT2D eigenvalue weighted by molar-refractivity contribution is 7.71. The first-order chi connectivity index (χ1) is 8.24. The summed E-state index contributed by atoms with van der Waals surface area (Å²) < 4.78 is 4.29. The van der Waals surface area contributed by atoms with Crippen molar-refractivity contribution in [2.75, 3.05) is 0 Å². The number of aromatic amines is 1. The van der Waals surface area contributed by atoms with Crippen LogP contribution in [0.4, 0.5) is 0 Å². The molecule has 6 nitrogen and oxygen atoms in total. The second-order valence-corrected chi connectivity index (χ2v) is 4.13. The minimum absolute atomic E-state index is 0.559. The molecule has 0 unspecified atom stereocenters. The Kier molecular flexibility index (Phi) is 2.25. The molecule has 0 aromatic carbocycles. The lowest BCUT2D eigenvalue weighted by molar-refractivity contribution is 0.707. The van der Waals surface area contributed by atoms with Gasteiger partial charge in [0.25, 0.3) is 0 Å². The quantitative estimate of drug-likeness (QED) is 0.692. The molecule has 0 aliphatic heterocycles. The molecular weight excluding hydrogens is 236 g/mol. The van der Waals surface area contributed by atoms with Gasteiger partial charge < -0.3 is 9.55 Å². The predicted octanol–water partition coefficient (Wildman–Crippen LogP) is 1.27. The molecule has 0 amide bonds. The maximum Gasteiger partial charge on any atom is 0.178 e. The number of hydrogen-bond acceptors (Lipinski definition) is 4. The van der Waals surface area contributed by atoms with Gasteiger partial charge >= 0.3 is 0 Å². The van der Waals surface area contributed by atoms with Gasteiger partial charge in [0.2, 0.25) is 0 Å². The zero-order valence-electron chi connectivity index (χ0n) is 9.16. The lowest BCUT2D eigenvalue weighted by Gasteiger charge is -1.99. The molecule has 0 saturated heterocycles. The molecule has 0 radical (unpaired) electrons. The van der Waals surface area contributed by atoms with Crippen LogP contribution in [0.5, 0.6) is 0 Å². The fourth-order valence-electron chi connectivity index (χ4n) is 1.77. The summed E-state index contributed by atoms with van der Waals surface area (Å²) >= 11 is 5.28. The monoisotopic (exact) mass is 246 g/mol. The first-order valence-electron chi connectivity index (χ1n) is 5.11. The summed E-state index contributed by atoms with van der Waals surface area (Å²) in [6.07, 6.45) is 5.18. The Morgan fingerprint density at radius 3 is 3.12 bits per heavy atom. The maximum atomic E-state index is 5.28. The van der Waals surface area contributed by atoms with Crippen molar-refractivity contribution in [3.8, 4) is 0 Å². The molecule has 3 aromatic rings. The third-order valence-electron chi connectivity index (χ3n) is 2.52. The van der Waals surface area contributed by atoms with Crippen LogP contribution >= 0.6 is 12.2 Å². The van der Waals surface area contributed by atoms with Crippen molar-refractivity contribution in [2.24, 2.45) is 7.05 Å². The van der Waals surface area contributed by atoms with Gasteiger partial charge in [-0.3, -0.25) is 9.67 Å². The first-order valence-corrected chi connectivity index (χ1v) is 5.52. The molecule has 0 spiro atoms. The minimum Gasteiger partial charge on any atom is -0.329 e. The number of imidazole rings is 1. The van der Waals surface area contributed by atoms with E-state index in [-0.39, 0.29) is 0 Å². The van der Waals surface area contributed by atoms with Crippen molar-refractivity contribution in [3.05, 3.63) is 35.4 Å². The van der Waals surface area contributed by atoms with Crippen molar-refractivity contribution in [3.63, 3.8) is 0 Å². The van der Waals surface area contributed by atoms with Gasteiger partial charge in [-0.05, 0) is 18.3 Å². The number of rotatable bonds is 2. The van der Waals surface area contributed by atoms with Crippen LogP contribution in [0.3, 0.4) is 0 Å². The number of pyridine rings is 1. The average molecular weight is 246 g/mol. The van der Waals surface area contributed by atoms with E-state index in [9.17, 15) is 0 Å². The zero-order chi connectivity index (χ0) is 11.8. The number of fused-ring (bicyclic) bond motifs is 1. The topological polar surface area (TPSA) is 64.3 Å². The van der Waals surface area contributed by atoms with Crippen molar-refractivity contribution >= 4 is 23.3 Å². The van der Waals surface area contributed by atoms with Gasteiger partial charge in [-0.15, -0.1) is 0 Å². The Balaban J connectivity index is 2.11. The van der Waals surface area contributed by atoms with E-state index in [0.29, 0.717) is 11.3 Å². The van der Waals surface area contributed by atoms with E-state index in [0.717, 1.165) is 16.9 Å². The van der Waals surface area contributed by atoms with Crippen molar-refractivity contribution in [2.45, 2.75) is 6.54 Å². The van der Waals surface area contributed by atoms with E-state index in [1.54, 1.807) is 23.4 Å². The number of nitrogens with one attached hydrogen (secondary N) is 1. The Hall–Kier alpha value is -2.02. The highest BCUT2D eigenvalue weighted by atomic mass is 32.1. The molecule has 17 heavy (non-hydrogen) atoms. The third-order valence-corrected chi connectivity index (χ3v) is 2.84. The van der Waals surface area contributed by atoms with Gasteiger partial charge in [0.1, 0.15) is 6.33 Å². The van der Waals surface area contributed by atoms with Crippen LogP contribution in [0.25, 0.3) is 11.0 Å². The highest BCUT2D eigenvalue weighted by Gasteiger charge is 2.06. The van der Waals surface area contributed by atoms with E-state index in [1.165, 1.54) is 0 Å². The highest BCUT2D eigenvalue weighted by Crippen LogP contribution is 2.12. The van der Waals surface area contributed by atoms with Crippen LogP contribution in [0.2, 0.25) is 0 Å². The Morgan fingerprint density at radius 1 is 1.47 bits per heavy atom. The summed E-state index contributed by atoms with van der Waals surface area (Å²) in [5, 5.41) is 4.24. The molecule has 86 valence electrons. The second kappa shape index (κ2) is 3.77. The van der Waals surface area contributed by atoms with Crippen molar-refractivity contribution in [1.82, 2.24) is 29.3 Å². The summed E-state index contributed by atoms with van der Waals surface area (Å²) in [5.74, 6) is 0.737. The molecule has 3 aromatic heterocycles. The van der Waals surface area contributed by atoms with Crippen molar-refractivity contribution < 1.29 is 0 Å². The molecule has 0 aliphatic rings. The number of hydrogen-bond donors (Lipinski definition) is 1. The molecule has 3 rings (SSSR count). The molecule has 0 bridgehead atoms. The Bertz CT molecular complexity index is 722.